The highest BCUT2D eigenvalue weighted by Gasteiger charge is 2.21. The van der Waals surface area contributed by atoms with Crippen molar-refractivity contribution in [3.05, 3.63) is 28.3 Å². The minimum absolute atomic E-state index is 0.00104. The third-order valence-electron chi connectivity index (χ3n) is 3.06. The molecule has 0 saturated heterocycles. The summed E-state index contributed by atoms with van der Waals surface area (Å²) >= 11 is 0. The van der Waals surface area contributed by atoms with E-state index in [4.69, 9.17) is 14.6 Å². The lowest BCUT2D eigenvalue weighted by Crippen LogP contribution is -2.43. The molecular formula is C15H20N2O7. The summed E-state index contributed by atoms with van der Waals surface area (Å²) in [6, 6.07) is 2.82. The average molecular weight is 340 g/mol. The number of amides is 1. The largest absolute Gasteiger partial charge is 0.490 e. The fourth-order valence-electron chi connectivity index (χ4n) is 1.98. The summed E-state index contributed by atoms with van der Waals surface area (Å²) in [4.78, 5) is 33.1. The number of nitrogens with zero attached hydrogens (tertiary/aromatic N) is 1. The van der Waals surface area contributed by atoms with Crippen molar-refractivity contribution in [3.63, 3.8) is 0 Å². The molecule has 0 radical (unpaired) electrons. The summed E-state index contributed by atoms with van der Waals surface area (Å²) in [5.41, 5.74) is -0.225. The molecule has 1 unspecified atom stereocenters. The van der Waals surface area contributed by atoms with Crippen LogP contribution >= 0.6 is 0 Å². The van der Waals surface area contributed by atoms with Crippen LogP contribution in [-0.4, -0.2) is 41.7 Å². The molecule has 2 N–H and O–H groups in total. The number of carbonyl (C=O) groups is 2. The Balaban J connectivity index is 2.66. The molecule has 1 amide bonds. The summed E-state index contributed by atoms with van der Waals surface area (Å²) in [6.45, 7) is 3.28. The molecule has 1 aromatic carbocycles. The molecule has 0 aliphatic heterocycles. The van der Waals surface area contributed by atoms with Crippen molar-refractivity contribution in [2.45, 2.75) is 26.3 Å². The maximum absolute atomic E-state index is 11.8. The molecule has 0 fully saturated rings. The van der Waals surface area contributed by atoms with Crippen LogP contribution in [0.15, 0.2) is 18.2 Å². The second-order valence-electron chi connectivity index (χ2n) is 5.47. The van der Waals surface area contributed by atoms with Crippen LogP contribution in [0.1, 0.15) is 20.3 Å². The van der Waals surface area contributed by atoms with Crippen LogP contribution in [0.25, 0.3) is 0 Å². The summed E-state index contributed by atoms with van der Waals surface area (Å²) < 4.78 is 10.1. The Morgan fingerprint density at radius 2 is 2.04 bits per heavy atom. The quantitative estimate of drug-likeness (QED) is 0.516. The minimum Gasteiger partial charge on any atom is -0.490 e. The zero-order chi connectivity index (χ0) is 18.3. The molecule has 1 atom stereocenters. The number of nitrogens with one attached hydrogen (secondary N) is 1. The summed E-state index contributed by atoms with van der Waals surface area (Å²) in [5, 5.41) is 22.2. The van der Waals surface area contributed by atoms with Crippen molar-refractivity contribution in [2.24, 2.45) is 5.92 Å². The van der Waals surface area contributed by atoms with E-state index in [9.17, 15) is 19.7 Å². The highest BCUT2D eigenvalue weighted by molar-refractivity contribution is 5.84. The van der Waals surface area contributed by atoms with Gasteiger partial charge in [0.1, 0.15) is 11.8 Å². The molecule has 24 heavy (non-hydrogen) atoms. The van der Waals surface area contributed by atoms with E-state index in [1.807, 2.05) is 13.8 Å². The van der Waals surface area contributed by atoms with Crippen molar-refractivity contribution in [1.29, 1.82) is 0 Å². The number of carboxylic acids is 1. The van der Waals surface area contributed by atoms with Gasteiger partial charge in [-0.3, -0.25) is 14.9 Å². The number of rotatable bonds is 9. The van der Waals surface area contributed by atoms with Crippen LogP contribution in [0.2, 0.25) is 0 Å². The smallest absolute Gasteiger partial charge is 0.326 e. The number of carboxylic acid groups (broad SMARTS) is 1. The van der Waals surface area contributed by atoms with E-state index >= 15 is 0 Å². The number of nitro benzene ring substituents is 1. The first-order chi connectivity index (χ1) is 11.2. The zero-order valence-corrected chi connectivity index (χ0v) is 13.6. The third kappa shape index (κ3) is 5.75. The molecule has 0 heterocycles. The van der Waals surface area contributed by atoms with Crippen LogP contribution in [0.3, 0.4) is 0 Å². The van der Waals surface area contributed by atoms with E-state index in [0.717, 1.165) is 0 Å². The highest BCUT2D eigenvalue weighted by atomic mass is 16.6. The van der Waals surface area contributed by atoms with Gasteiger partial charge in [-0.1, -0.05) is 13.8 Å². The van der Waals surface area contributed by atoms with E-state index in [2.05, 4.69) is 5.32 Å². The number of carbonyl (C=O) groups excluding carboxylic acids is 1. The molecule has 1 aromatic rings. The van der Waals surface area contributed by atoms with Gasteiger partial charge in [0.05, 0.1) is 12.0 Å². The Labute approximate surface area is 138 Å². The zero-order valence-electron chi connectivity index (χ0n) is 13.6. The number of nitro groups is 1. The normalized spacial score (nSPS) is 11.7. The van der Waals surface area contributed by atoms with Crippen molar-refractivity contribution >= 4 is 17.6 Å². The van der Waals surface area contributed by atoms with E-state index in [0.29, 0.717) is 6.42 Å². The number of ether oxygens (including phenoxy) is 2. The number of aliphatic carboxylic acids is 1. The Kier molecular flexibility index (Phi) is 6.97. The van der Waals surface area contributed by atoms with Crippen LogP contribution in [0.4, 0.5) is 5.69 Å². The first kappa shape index (κ1) is 19.2. The molecule has 0 aliphatic carbocycles. The molecule has 132 valence electrons. The minimum atomic E-state index is -1.12. The number of benzene rings is 1. The maximum Gasteiger partial charge on any atom is 0.326 e. The maximum atomic E-state index is 11.8. The van der Waals surface area contributed by atoms with Gasteiger partial charge in [-0.25, -0.2) is 4.79 Å². The first-order valence-corrected chi connectivity index (χ1v) is 7.22. The number of hydrogen-bond donors (Lipinski definition) is 2. The van der Waals surface area contributed by atoms with Gasteiger partial charge in [-0.2, -0.15) is 0 Å². The van der Waals surface area contributed by atoms with E-state index in [1.165, 1.54) is 25.3 Å². The number of hydrogen-bond acceptors (Lipinski definition) is 6. The third-order valence-corrected chi connectivity index (χ3v) is 3.06. The highest BCUT2D eigenvalue weighted by Crippen LogP contribution is 2.30. The van der Waals surface area contributed by atoms with Gasteiger partial charge in [-0.15, -0.1) is 0 Å². The Bertz CT molecular complexity index is 616. The molecule has 0 saturated carbocycles. The number of methoxy groups -OCH3 is 1. The van der Waals surface area contributed by atoms with Gasteiger partial charge in [0.2, 0.25) is 5.75 Å². The molecule has 9 nitrogen and oxygen atoms in total. The van der Waals surface area contributed by atoms with E-state index in [-0.39, 0.29) is 23.1 Å². The van der Waals surface area contributed by atoms with Gasteiger partial charge in [-0.05, 0) is 18.4 Å². The van der Waals surface area contributed by atoms with Crippen molar-refractivity contribution in [3.8, 4) is 11.5 Å². The molecular weight excluding hydrogens is 320 g/mol. The summed E-state index contributed by atoms with van der Waals surface area (Å²) in [7, 11) is 1.28. The summed E-state index contributed by atoms with van der Waals surface area (Å²) in [5.74, 6) is -1.41. The fourth-order valence-corrected chi connectivity index (χ4v) is 1.98. The van der Waals surface area contributed by atoms with Gasteiger partial charge < -0.3 is 19.9 Å². The average Bonchev–Trinajstić information content (AvgIpc) is 2.51. The monoisotopic (exact) mass is 340 g/mol. The van der Waals surface area contributed by atoms with Gasteiger partial charge in [0.15, 0.2) is 6.61 Å². The van der Waals surface area contributed by atoms with Gasteiger partial charge in [0.25, 0.3) is 5.91 Å². The van der Waals surface area contributed by atoms with Crippen LogP contribution < -0.4 is 14.8 Å². The molecule has 9 heteroatoms. The van der Waals surface area contributed by atoms with Crippen molar-refractivity contribution in [2.75, 3.05) is 13.7 Å². The van der Waals surface area contributed by atoms with Crippen molar-refractivity contribution in [1.82, 2.24) is 5.32 Å². The SMILES string of the molecule is COc1cc(OCC(=O)NC(CC(C)C)C(=O)O)ccc1[N+](=O)[O-]. The Hall–Kier alpha value is -2.84. The predicted octanol–water partition coefficient (Wildman–Crippen LogP) is 1.60. The lowest BCUT2D eigenvalue weighted by Gasteiger charge is -2.16. The Morgan fingerprint density at radius 3 is 2.54 bits per heavy atom. The molecule has 0 spiro atoms. The van der Waals surface area contributed by atoms with Gasteiger partial charge >= 0.3 is 11.7 Å². The predicted molar refractivity (Wildman–Crippen MR) is 84.2 cm³/mol. The first-order valence-electron chi connectivity index (χ1n) is 7.22. The lowest BCUT2D eigenvalue weighted by atomic mass is 10.0. The van der Waals surface area contributed by atoms with Crippen LogP contribution in [-0.2, 0) is 9.59 Å². The standard InChI is InChI=1S/C15H20N2O7/c1-9(2)6-11(15(19)20)16-14(18)8-24-10-4-5-12(17(21)22)13(7-10)23-3/h4-5,7,9,11H,6,8H2,1-3H3,(H,16,18)(H,19,20). The van der Waals surface area contributed by atoms with E-state index < -0.39 is 29.4 Å². The molecule has 1 rings (SSSR count). The molecule has 0 aliphatic rings. The molecule has 0 aromatic heterocycles. The molecule has 0 bridgehead atoms. The summed E-state index contributed by atoms with van der Waals surface area (Å²) in [6.07, 6.45) is 0.298. The second-order valence-corrected chi connectivity index (χ2v) is 5.47. The second kappa shape index (κ2) is 8.70. The lowest BCUT2D eigenvalue weighted by molar-refractivity contribution is -0.385. The Morgan fingerprint density at radius 1 is 1.38 bits per heavy atom. The van der Waals surface area contributed by atoms with Crippen LogP contribution in [0, 0.1) is 16.0 Å². The van der Waals surface area contributed by atoms with E-state index in [1.54, 1.807) is 0 Å². The topological polar surface area (TPSA) is 128 Å². The van der Waals surface area contributed by atoms with Crippen LogP contribution in [0.5, 0.6) is 11.5 Å². The fraction of sp³-hybridized carbons (Fsp3) is 0.467. The van der Waals surface area contributed by atoms with Crippen molar-refractivity contribution < 1.29 is 29.1 Å². The van der Waals surface area contributed by atoms with Gasteiger partial charge in [0, 0.05) is 12.1 Å².